The van der Waals surface area contributed by atoms with Gasteiger partial charge in [0.25, 0.3) is 0 Å². The van der Waals surface area contributed by atoms with Gasteiger partial charge in [-0.2, -0.15) is 0 Å². The third-order valence-corrected chi connectivity index (χ3v) is 8.03. The number of hydrogen-bond donors (Lipinski definition) is 2. The molecule has 1 aromatic heterocycles. The molecular formula is C27H30N4O5. The molecule has 9 heteroatoms. The number of aryl methyl sites for hydroxylation is 2. The lowest BCUT2D eigenvalue weighted by Gasteiger charge is -2.34. The van der Waals surface area contributed by atoms with Gasteiger partial charge in [0.05, 0.1) is 17.9 Å². The van der Waals surface area contributed by atoms with Crippen molar-refractivity contribution in [2.45, 2.75) is 69.7 Å². The number of ether oxygens (including phenoxy) is 1. The van der Waals surface area contributed by atoms with Crippen molar-refractivity contribution in [3.8, 4) is 0 Å². The Labute approximate surface area is 209 Å². The molecule has 2 saturated heterocycles. The van der Waals surface area contributed by atoms with E-state index in [1.54, 1.807) is 17.9 Å². The minimum atomic E-state index is -1.22. The molecule has 4 heterocycles. The summed E-state index contributed by atoms with van der Waals surface area (Å²) in [5.74, 6) is -1.67. The van der Waals surface area contributed by atoms with E-state index in [4.69, 9.17) is 9.26 Å². The first-order valence-electron chi connectivity index (χ1n) is 12.7. The highest BCUT2D eigenvalue weighted by atomic mass is 16.5. The molecule has 0 radical (unpaired) electrons. The molecule has 3 amide bonds. The summed E-state index contributed by atoms with van der Waals surface area (Å²) in [7, 11) is 0. The monoisotopic (exact) mass is 490 g/mol. The first-order chi connectivity index (χ1) is 17.4. The highest BCUT2D eigenvalue weighted by Crippen LogP contribution is 2.56. The highest BCUT2D eigenvalue weighted by molar-refractivity contribution is 6.11. The van der Waals surface area contributed by atoms with Crippen molar-refractivity contribution in [1.82, 2.24) is 10.5 Å². The normalized spacial score (nSPS) is 31.1. The van der Waals surface area contributed by atoms with Gasteiger partial charge in [-0.3, -0.25) is 19.3 Å². The van der Waals surface area contributed by atoms with Crippen molar-refractivity contribution < 1.29 is 23.6 Å². The lowest BCUT2D eigenvalue weighted by molar-refractivity contribution is -0.129. The second-order valence-electron chi connectivity index (χ2n) is 10.4. The van der Waals surface area contributed by atoms with E-state index < -0.39 is 29.6 Å². The van der Waals surface area contributed by atoms with E-state index in [0.29, 0.717) is 11.4 Å². The number of aromatic nitrogens is 1. The Morgan fingerprint density at radius 2 is 1.89 bits per heavy atom. The van der Waals surface area contributed by atoms with E-state index in [2.05, 4.69) is 15.8 Å². The zero-order chi connectivity index (χ0) is 25.0. The molecule has 9 nitrogen and oxygen atoms in total. The number of hydrogen-bond acceptors (Lipinski definition) is 6. The van der Waals surface area contributed by atoms with Gasteiger partial charge in [0.1, 0.15) is 17.4 Å². The van der Waals surface area contributed by atoms with E-state index in [-0.39, 0.29) is 29.6 Å². The van der Waals surface area contributed by atoms with Gasteiger partial charge in [0.15, 0.2) is 5.82 Å². The molecule has 3 fully saturated rings. The van der Waals surface area contributed by atoms with Crippen LogP contribution in [0, 0.1) is 25.7 Å². The number of fused-ring (bicyclic) bond motifs is 1. The zero-order valence-electron chi connectivity index (χ0n) is 20.4. The molecule has 2 N–H and O–H groups in total. The topological polar surface area (TPSA) is 114 Å². The van der Waals surface area contributed by atoms with Crippen LogP contribution in [0.1, 0.15) is 43.4 Å². The summed E-state index contributed by atoms with van der Waals surface area (Å²) in [6.45, 7) is 3.65. The fraction of sp³-hybridized carbons (Fsp3) is 0.481. The lowest BCUT2D eigenvalue weighted by Crippen LogP contribution is -2.56. The number of carbonyl (C=O) groups excluding carboxylic acids is 3. The molecule has 4 aliphatic rings. The van der Waals surface area contributed by atoms with Gasteiger partial charge in [0, 0.05) is 17.8 Å². The molecule has 2 bridgehead atoms. The number of carbonyl (C=O) groups is 3. The summed E-state index contributed by atoms with van der Waals surface area (Å²) in [5, 5.41) is 9.82. The number of amides is 3. The fourth-order valence-electron chi connectivity index (χ4n) is 6.43. The maximum absolute atomic E-state index is 14.1. The lowest BCUT2D eigenvalue weighted by atomic mass is 9.74. The molecule has 1 aromatic carbocycles. The van der Waals surface area contributed by atoms with Crippen LogP contribution in [0.3, 0.4) is 0 Å². The maximum atomic E-state index is 14.1. The Hall–Kier alpha value is -3.46. The molecular weight excluding hydrogens is 460 g/mol. The predicted molar refractivity (Wildman–Crippen MR) is 131 cm³/mol. The summed E-state index contributed by atoms with van der Waals surface area (Å²) in [6, 6.07) is 8.29. The van der Waals surface area contributed by atoms with Crippen molar-refractivity contribution >= 4 is 29.2 Å². The Morgan fingerprint density at radius 1 is 1.11 bits per heavy atom. The average Bonchev–Trinajstić information content (AvgIpc) is 3.61. The molecule has 1 aliphatic carbocycles. The summed E-state index contributed by atoms with van der Waals surface area (Å²) < 4.78 is 11.5. The Balaban J connectivity index is 1.38. The van der Waals surface area contributed by atoms with Gasteiger partial charge in [-0.15, -0.1) is 0 Å². The van der Waals surface area contributed by atoms with Crippen LogP contribution in [0.5, 0.6) is 0 Å². The minimum absolute atomic E-state index is 0.0765. The zero-order valence-corrected chi connectivity index (χ0v) is 20.4. The molecule has 1 spiro atoms. The van der Waals surface area contributed by atoms with E-state index in [1.807, 2.05) is 43.3 Å². The van der Waals surface area contributed by atoms with E-state index in [1.165, 1.54) is 6.42 Å². The maximum Gasteiger partial charge on any atom is 0.246 e. The second kappa shape index (κ2) is 8.58. The van der Waals surface area contributed by atoms with Gasteiger partial charge < -0.3 is 19.9 Å². The van der Waals surface area contributed by atoms with Crippen LogP contribution in [-0.2, 0) is 19.1 Å². The van der Waals surface area contributed by atoms with Crippen molar-refractivity contribution in [1.29, 1.82) is 0 Å². The molecule has 36 heavy (non-hydrogen) atoms. The highest BCUT2D eigenvalue weighted by Gasteiger charge is 2.73. The van der Waals surface area contributed by atoms with E-state index in [0.717, 1.165) is 31.2 Å². The quantitative estimate of drug-likeness (QED) is 0.623. The third kappa shape index (κ3) is 3.48. The number of anilines is 2. The number of para-hydroxylation sites is 1. The molecule has 5 atom stereocenters. The standard InChI is InChI=1S/C27H30N4O5/c1-15-8-6-7-11-18(15)31-23(25(33)28-17-9-4-3-5-10-17)27-13-12-19(35-27)21(22(27)26(31)34)24(32)29-20-14-16(2)36-30-20/h6-8,11-14,17,19,21-23H,3-5,9-10H2,1-2H3,(H,28,33)(H,29,30,32)/t19-,21+,22-,23-,27+/m1/s1. The first kappa shape index (κ1) is 23.0. The molecule has 3 aliphatic heterocycles. The summed E-state index contributed by atoms with van der Waals surface area (Å²) in [4.78, 5) is 43.0. The average molecular weight is 491 g/mol. The van der Waals surface area contributed by atoms with Crippen LogP contribution >= 0.6 is 0 Å². The summed E-state index contributed by atoms with van der Waals surface area (Å²) in [6.07, 6.45) is 8.21. The van der Waals surface area contributed by atoms with Crippen LogP contribution in [0.25, 0.3) is 0 Å². The van der Waals surface area contributed by atoms with Gasteiger partial charge in [-0.05, 0) is 38.3 Å². The van der Waals surface area contributed by atoms with Crippen LogP contribution in [0.4, 0.5) is 11.5 Å². The van der Waals surface area contributed by atoms with Gasteiger partial charge in [-0.1, -0.05) is 54.8 Å². The van der Waals surface area contributed by atoms with Crippen molar-refractivity contribution in [3.63, 3.8) is 0 Å². The van der Waals surface area contributed by atoms with Crippen LogP contribution in [0.15, 0.2) is 47.0 Å². The Kier molecular flexibility index (Phi) is 5.48. The van der Waals surface area contributed by atoms with Crippen LogP contribution in [0.2, 0.25) is 0 Å². The summed E-state index contributed by atoms with van der Waals surface area (Å²) >= 11 is 0. The SMILES string of the molecule is Cc1cc(NC(=O)[C@H]2[C@H]3C=C[C@]4(O3)[C@H]2C(=O)N(c2ccccc2C)[C@@H]4C(=O)NC2CCCCC2)no1. The molecule has 188 valence electrons. The summed E-state index contributed by atoms with van der Waals surface area (Å²) in [5.41, 5.74) is 0.307. The van der Waals surface area contributed by atoms with Gasteiger partial charge in [0.2, 0.25) is 17.7 Å². The van der Waals surface area contributed by atoms with Crippen LogP contribution in [-0.4, -0.2) is 46.7 Å². The van der Waals surface area contributed by atoms with Gasteiger partial charge in [-0.25, -0.2) is 0 Å². The van der Waals surface area contributed by atoms with Crippen molar-refractivity contribution in [2.24, 2.45) is 11.8 Å². The molecule has 0 unspecified atom stereocenters. The minimum Gasteiger partial charge on any atom is -0.360 e. The Morgan fingerprint density at radius 3 is 2.61 bits per heavy atom. The van der Waals surface area contributed by atoms with E-state index >= 15 is 0 Å². The smallest absolute Gasteiger partial charge is 0.246 e. The third-order valence-electron chi connectivity index (χ3n) is 8.03. The number of benzene rings is 1. The Bertz CT molecular complexity index is 1250. The van der Waals surface area contributed by atoms with E-state index in [9.17, 15) is 14.4 Å². The first-order valence-corrected chi connectivity index (χ1v) is 12.7. The largest absolute Gasteiger partial charge is 0.360 e. The fourth-order valence-corrected chi connectivity index (χ4v) is 6.43. The number of nitrogens with one attached hydrogen (secondary N) is 2. The van der Waals surface area contributed by atoms with Crippen LogP contribution < -0.4 is 15.5 Å². The number of nitrogens with zero attached hydrogens (tertiary/aromatic N) is 2. The van der Waals surface area contributed by atoms with Gasteiger partial charge >= 0.3 is 0 Å². The van der Waals surface area contributed by atoms with Crippen molar-refractivity contribution in [2.75, 3.05) is 10.2 Å². The predicted octanol–water partition coefficient (Wildman–Crippen LogP) is 3.03. The second-order valence-corrected chi connectivity index (χ2v) is 10.4. The molecule has 2 aromatic rings. The molecule has 6 rings (SSSR count). The molecule has 1 saturated carbocycles. The van der Waals surface area contributed by atoms with Crippen molar-refractivity contribution in [3.05, 3.63) is 53.8 Å². The number of rotatable bonds is 5.